The molecule has 4 atom stereocenters. The van der Waals surface area contributed by atoms with Gasteiger partial charge in [0.2, 0.25) is 5.91 Å². The topological polar surface area (TPSA) is 102 Å². The predicted molar refractivity (Wildman–Crippen MR) is 106 cm³/mol. The summed E-state index contributed by atoms with van der Waals surface area (Å²) in [5.74, 6) is 0.382. The van der Waals surface area contributed by atoms with E-state index in [0.717, 1.165) is 28.8 Å². The van der Waals surface area contributed by atoms with Crippen LogP contribution in [0, 0.1) is 24.7 Å². The summed E-state index contributed by atoms with van der Waals surface area (Å²) in [5, 5.41) is 0.346. The summed E-state index contributed by atoms with van der Waals surface area (Å²) in [6.07, 6.45) is 1.97. The highest BCUT2D eigenvalue weighted by atomic mass is 32.1. The number of fused-ring (bicyclic) bond motifs is 1. The lowest BCUT2D eigenvalue weighted by molar-refractivity contribution is -0.122. The standard InChI is InChI=1S/C20H24N4O2S/c1-10-4-3-5-12(6-10)17-15(23-20(22)27-17)19(26)24-9-13-7-11(2)8-14(13)16(24)18(21)25/h3-6,11,13-14,16H,7-9H2,1-2H3,(H2,21,25)(H2,22,23). The summed E-state index contributed by atoms with van der Waals surface area (Å²) in [6.45, 7) is 4.76. The molecular weight excluding hydrogens is 360 g/mol. The number of aryl methyl sites for hydroxylation is 1. The average molecular weight is 385 g/mol. The molecule has 2 aromatic rings. The number of nitrogens with zero attached hydrogens (tertiary/aromatic N) is 2. The highest BCUT2D eigenvalue weighted by Crippen LogP contribution is 2.46. The number of primary amides is 1. The van der Waals surface area contributed by atoms with E-state index in [1.54, 1.807) is 4.90 Å². The Kier molecular flexibility index (Phi) is 4.42. The number of rotatable bonds is 3. The summed E-state index contributed by atoms with van der Waals surface area (Å²) in [7, 11) is 0. The van der Waals surface area contributed by atoms with Crippen molar-refractivity contribution in [3.63, 3.8) is 0 Å². The van der Waals surface area contributed by atoms with Crippen molar-refractivity contribution in [2.24, 2.45) is 23.5 Å². The minimum absolute atomic E-state index is 0.153. The predicted octanol–water partition coefficient (Wildman–Crippen LogP) is 2.67. The second kappa shape index (κ2) is 6.64. The first-order valence-corrected chi connectivity index (χ1v) is 10.1. The van der Waals surface area contributed by atoms with Crippen molar-refractivity contribution < 1.29 is 9.59 Å². The maximum Gasteiger partial charge on any atom is 0.274 e. The molecule has 0 bridgehead atoms. The van der Waals surface area contributed by atoms with Gasteiger partial charge in [0.05, 0.1) is 4.88 Å². The zero-order valence-corrected chi connectivity index (χ0v) is 16.3. The lowest BCUT2D eigenvalue weighted by Gasteiger charge is -2.25. The van der Waals surface area contributed by atoms with Crippen LogP contribution >= 0.6 is 11.3 Å². The number of amides is 2. The number of carbonyl (C=O) groups excluding carboxylic acids is 2. The smallest absolute Gasteiger partial charge is 0.274 e. The van der Waals surface area contributed by atoms with Crippen LogP contribution in [-0.2, 0) is 4.79 Å². The lowest BCUT2D eigenvalue weighted by atomic mass is 9.93. The molecule has 2 heterocycles. The molecule has 2 fully saturated rings. The molecule has 27 heavy (non-hydrogen) atoms. The van der Waals surface area contributed by atoms with E-state index >= 15 is 0 Å². The van der Waals surface area contributed by atoms with Crippen molar-refractivity contribution in [1.29, 1.82) is 0 Å². The molecule has 1 aromatic heterocycles. The molecule has 7 heteroatoms. The van der Waals surface area contributed by atoms with Gasteiger partial charge in [0.1, 0.15) is 11.7 Å². The Morgan fingerprint density at radius 2 is 2.07 bits per heavy atom. The minimum atomic E-state index is -0.555. The van der Waals surface area contributed by atoms with Crippen LogP contribution in [-0.4, -0.2) is 34.3 Å². The lowest BCUT2D eigenvalue weighted by Crippen LogP contribution is -2.46. The van der Waals surface area contributed by atoms with E-state index in [4.69, 9.17) is 11.5 Å². The van der Waals surface area contributed by atoms with Gasteiger partial charge in [0, 0.05) is 6.54 Å². The minimum Gasteiger partial charge on any atom is -0.375 e. The number of nitrogen functional groups attached to an aromatic ring is 1. The zero-order valence-electron chi connectivity index (χ0n) is 15.5. The van der Waals surface area contributed by atoms with Gasteiger partial charge in [-0.1, -0.05) is 48.1 Å². The Hall–Kier alpha value is -2.41. The molecule has 1 saturated heterocycles. The molecule has 1 aliphatic heterocycles. The molecule has 4 rings (SSSR count). The van der Waals surface area contributed by atoms with Crippen molar-refractivity contribution in [1.82, 2.24) is 9.88 Å². The molecule has 4 N–H and O–H groups in total. The van der Waals surface area contributed by atoms with Gasteiger partial charge in [0.15, 0.2) is 5.13 Å². The maximum atomic E-state index is 13.4. The fourth-order valence-corrected chi connectivity index (χ4v) is 5.63. The van der Waals surface area contributed by atoms with E-state index in [2.05, 4.69) is 11.9 Å². The highest BCUT2D eigenvalue weighted by Gasteiger charge is 2.51. The summed E-state index contributed by atoms with van der Waals surface area (Å²) in [6, 6.07) is 7.35. The normalized spacial score (nSPS) is 27.0. The monoisotopic (exact) mass is 384 g/mol. The second-order valence-electron chi connectivity index (χ2n) is 7.90. The third kappa shape index (κ3) is 3.10. The summed E-state index contributed by atoms with van der Waals surface area (Å²) >= 11 is 1.30. The number of thiazole rings is 1. The van der Waals surface area contributed by atoms with Crippen molar-refractivity contribution in [2.75, 3.05) is 12.3 Å². The van der Waals surface area contributed by atoms with E-state index in [1.165, 1.54) is 11.3 Å². The summed E-state index contributed by atoms with van der Waals surface area (Å²) < 4.78 is 0. The van der Waals surface area contributed by atoms with E-state index in [9.17, 15) is 9.59 Å². The van der Waals surface area contributed by atoms with Crippen molar-refractivity contribution in [3.8, 4) is 10.4 Å². The number of carbonyl (C=O) groups is 2. The van der Waals surface area contributed by atoms with Gasteiger partial charge in [-0.05, 0) is 43.1 Å². The average Bonchev–Trinajstić information content (AvgIpc) is 3.25. The number of nitrogens with two attached hydrogens (primary N) is 2. The van der Waals surface area contributed by atoms with Crippen molar-refractivity contribution in [3.05, 3.63) is 35.5 Å². The van der Waals surface area contributed by atoms with E-state index in [1.807, 2.05) is 31.2 Å². The summed E-state index contributed by atoms with van der Waals surface area (Å²) in [5.41, 5.74) is 14.0. The van der Waals surface area contributed by atoms with E-state index in [-0.39, 0.29) is 11.8 Å². The van der Waals surface area contributed by atoms with Gasteiger partial charge in [-0.25, -0.2) is 4.98 Å². The molecule has 6 nitrogen and oxygen atoms in total. The third-order valence-corrected chi connectivity index (χ3v) is 6.77. The van der Waals surface area contributed by atoms with E-state index in [0.29, 0.717) is 29.2 Å². The second-order valence-corrected chi connectivity index (χ2v) is 8.94. The Balaban J connectivity index is 1.70. The van der Waals surface area contributed by atoms with Crippen molar-refractivity contribution >= 4 is 28.3 Å². The van der Waals surface area contributed by atoms with Crippen LogP contribution in [0.1, 0.15) is 35.8 Å². The van der Waals surface area contributed by atoms with Crippen LogP contribution in [0.5, 0.6) is 0 Å². The van der Waals surface area contributed by atoms with Gasteiger partial charge in [-0.15, -0.1) is 0 Å². The number of hydrogen-bond acceptors (Lipinski definition) is 5. The quantitative estimate of drug-likeness (QED) is 0.849. The number of likely N-dealkylation sites (tertiary alicyclic amines) is 1. The molecule has 142 valence electrons. The third-order valence-electron chi connectivity index (χ3n) is 5.84. The molecule has 0 radical (unpaired) electrons. The van der Waals surface area contributed by atoms with Crippen molar-refractivity contribution in [2.45, 2.75) is 32.7 Å². The Bertz CT molecular complexity index is 909. The first-order valence-electron chi connectivity index (χ1n) is 9.28. The molecule has 1 saturated carbocycles. The van der Waals surface area contributed by atoms with Gasteiger partial charge in [-0.2, -0.15) is 0 Å². The summed E-state index contributed by atoms with van der Waals surface area (Å²) in [4.78, 5) is 32.3. The molecule has 1 aromatic carbocycles. The maximum absolute atomic E-state index is 13.4. The van der Waals surface area contributed by atoms with Crippen LogP contribution in [0.3, 0.4) is 0 Å². The van der Waals surface area contributed by atoms with E-state index < -0.39 is 11.9 Å². The van der Waals surface area contributed by atoms with Crippen LogP contribution in [0.4, 0.5) is 5.13 Å². The number of benzene rings is 1. The van der Waals surface area contributed by atoms with Gasteiger partial charge in [-0.3, -0.25) is 9.59 Å². The molecule has 4 unspecified atom stereocenters. The van der Waals surface area contributed by atoms with Crippen LogP contribution in [0.25, 0.3) is 10.4 Å². The molecule has 2 amide bonds. The fraction of sp³-hybridized carbons (Fsp3) is 0.450. The Labute approximate surface area is 162 Å². The number of aromatic nitrogens is 1. The fourth-order valence-electron chi connectivity index (χ4n) is 4.81. The first kappa shape index (κ1) is 18.0. The largest absolute Gasteiger partial charge is 0.375 e. The Morgan fingerprint density at radius 3 is 2.78 bits per heavy atom. The van der Waals surface area contributed by atoms with Gasteiger partial charge in [0.25, 0.3) is 5.91 Å². The Morgan fingerprint density at radius 1 is 1.30 bits per heavy atom. The molecular formula is C20H24N4O2S. The van der Waals surface area contributed by atoms with Gasteiger partial charge >= 0.3 is 0 Å². The van der Waals surface area contributed by atoms with Crippen LogP contribution in [0.15, 0.2) is 24.3 Å². The van der Waals surface area contributed by atoms with Gasteiger partial charge < -0.3 is 16.4 Å². The molecule has 0 spiro atoms. The zero-order chi connectivity index (χ0) is 19.3. The molecule has 2 aliphatic rings. The molecule has 1 aliphatic carbocycles. The number of anilines is 1. The van der Waals surface area contributed by atoms with Crippen LogP contribution < -0.4 is 11.5 Å². The first-order chi connectivity index (χ1) is 12.8. The van der Waals surface area contributed by atoms with Crippen LogP contribution in [0.2, 0.25) is 0 Å². The number of hydrogen-bond donors (Lipinski definition) is 2. The highest BCUT2D eigenvalue weighted by molar-refractivity contribution is 7.19. The SMILES string of the molecule is Cc1cccc(-c2sc(N)nc2C(=O)N2CC3CC(C)CC3C2C(N)=O)c1.